The van der Waals surface area contributed by atoms with Crippen LogP contribution in [0.1, 0.15) is 32.6 Å². The molecule has 1 N–H and O–H groups in total. The van der Waals surface area contributed by atoms with Gasteiger partial charge < -0.3 is 10.2 Å². The zero-order valence-corrected chi connectivity index (χ0v) is 12.6. The maximum atomic E-state index is 12.1. The van der Waals surface area contributed by atoms with Crippen LogP contribution in [-0.4, -0.2) is 55.8 Å². The van der Waals surface area contributed by atoms with Crippen LogP contribution in [0.2, 0.25) is 0 Å². The van der Waals surface area contributed by atoms with Crippen LogP contribution in [0, 0.1) is 5.92 Å². The van der Waals surface area contributed by atoms with E-state index in [1.165, 1.54) is 0 Å². The molecule has 1 heterocycles. The van der Waals surface area contributed by atoms with Crippen molar-refractivity contribution in [3.05, 3.63) is 0 Å². The average Bonchev–Trinajstić information content (AvgIpc) is 2.65. The fraction of sp³-hybridized carbons (Fsp3) is 0.846. The van der Waals surface area contributed by atoms with Gasteiger partial charge in [0, 0.05) is 18.5 Å². The van der Waals surface area contributed by atoms with Gasteiger partial charge in [-0.1, -0.05) is 6.42 Å². The van der Waals surface area contributed by atoms with E-state index in [0.717, 1.165) is 19.3 Å². The van der Waals surface area contributed by atoms with Crippen LogP contribution in [0.25, 0.3) is 0 Å². The van der Waals surface area contributed by atoms with E-state index >= 15 is 0 Å². The normalized spacial score (nSPS) is 24.9. The summed E-state index contributed by atoms with van der Waals surface area (Å²) in [5, 5.41) is 2.66. The predicted molar refractivity (Wildman–Crippen MR) is 74.8 cm³/mol. The molecule has 0 aromatic rings. The molecule has 1 unspecified atom stereocenters. The first kappa shape index (κ1) is 15.3. The first-order valence-corrected chi connectivity index (χ1v) is 9.02. The lowest BCUT2D eigenvalue weighted by atomic mass is 9.85. The van der Waals surface area contributed by atoms with E-state index in [1.807, 2.05) is 6.92 Å². The molecule has 0 aromatic carbocycles. The van der Waals surface area contributed by atoms with Crippen molar-refractivity contribution in [3.8, 4) is 0 Å². The average molecular weight is 302 g/mol. The molecule has 2 amide bonds. The number of sulfone groups is 1. The fourth-order valence-electron chi connectivity index (χ4n) is 2.74. The third-order valence-corrected chi connectivity index (χ3v) is 5.95. The summed E-state index contributed by atoms with van der Waals surface area (Å²) in [6.07, 6.45) is 3.38. The van der Waals surface area contributed by atoms with Gasteiger partial charge in [0.2, 0.25) is 11.8 Å². The molecule has 7 heteroatoms. The Morgan fingerprint density at radius 1 is 1.25 bits per heavy atom. The van der Waals surface area contributed by atoms with Crippen LogP contribution in [0.3, 0.4) is 0 Å². The summed E-state index contributed by atoms with van der Waals surface area (Å²) in [5.41, 5.74) is 0. The lowest BCUT2D eigenvalue weighted by Gasteiger charge is -2.28. The van der Waals surface area contributed by atoms with Gasteiger partial charge in [-0.25, -0.2) is 8.42 Å². The van der Waals surface area contributed by atoms with E-state index in [2.05, 4.69) is 5.32 Å². The van der Waals surface area contributed by atoms with Gasteiger partial charge in [-0.2, -0.15) is 0 Å². The molecule has 2 rings (SSSR count). The summed E-state index contributed by atoms with van der Waals surface area (Å²) in [5.74, 6) is 0.00525. The van der Waals surface area contributed by atoms with Gasteiger partial charge in [0.25, 0.3) is 0 Å². The largest absolute Gasteiger partial charge is 0.347 e. The molecule has 0 radical (unpaired) electrons. The van der Waals surface area contributed by atoms with Crippen LogP contribution in [0.4, 0.5) is 0 Å². The Hall–Kier alpha value is -1.11. The molecule has 1 saturated heterocycles. The van der Waals surface area contributed by atoms with Gasteiger partial charge in [0.15, 0.2) is 9.84 Å². The van der Waals surface area contributed by atoms with Crippen molar-refractivity contribution in [2.75, 3.05) is 24.6 Å². The Morgan fingerprint density at radius 3 is 2.40 bits per heavy atom. The second-order valence-electron chi connectivity index (χ2n) is 5.58. The molecule has 1 atom stereocenters. The minimum atomic E-state index is -3.00. The van der Waals surface area contributed by atoms with Crippen molar-refractivity contribution in [2.24, 2.45) is 5.92 Å². The molecule has 0 bridgehead atoms. The van der Waals surface area contributed by atoms with E-state index in [-0.39, 0.29) is 41.8 Å². The SMILES string of the molecule is CCN(C(=O)CNC(=O)C1CCC1)C1CCS(=O)(=O)C1. The van der Waals surface area contributed by atoms with Gasteiger partial charge in [-0.3, -0.25) is 9.59 Å². The van der Waals surface area contributed by atoms with Crippen molar-refractivity contribution in [3.63, 3.8) is 0 Å². The second kappa shape index (κ2) is 6.11. The van der Waals surface area contributed by atoms with Crippen LogP contribution in [0.15, 0.2) is 0 Å². The Bertz CT molecular complexity index is 485. The highest BCUT2D eigenvalue weighted by molar-refractivity contribution is 7.91. The molecule has 2 aliphatic rings. The first-order valence-electron chi connectivity index (χ1n) is 7.20. The van der Waals surface area contributed by atoms with Gasteiger partial charge in [-0.15, -0.1) is 0 Å². The summed E-state index contributed by atoms with van der Waals surface area (Å²) in [6, 6.07) is -0.238. The topological polar surface area (TPSA) is 83.6 Å². The van der Waals surface area contributed by atoms with Gasteiger partial charge in [0.05, 0.1) is 18.1 Å². The van der Waals surface area contributed by atoms with Gasteiger partial charge in [-0.05, 0) is 26.2 Å². The third kappa shape index (κ3) is 3.50. The lowest BCUT2D eigenvalue weighted by Crippen LogP contribution is -2.47. The highest BCUT2D eigenvalue weighted by atomic mass is 32.2. The number of amides is 2. The number of carbonyl (C=O) groups excluding carboxylic acids is 2. The summed E-state index contributed by atoms with van der Waals surface area (Å²) < 4.78 is 23.0. The maximum absolute atomic E-state index is 12.1. The Balaban J connectivity index is 1.84. The number of hydrogen-bond donors (Lipinski definition) is 1. The zero-order chi connectivity index (χ0) is 14.8. The van der Waals surface area contributed by atoms with Crippen LogP contribution < -0.4 is 5.32 Å². The van der Waals surface area contributed by atoms with Crippen molar-refractivity contribution >= 4 is 21.7 Å². The highest BCUT2D eigenvalue weighted by Crippen LogP contribution is 2.26. The molecule has 2 fully saturated rings. The third-order valence-electron chi connectivity index (χ3n) is 4.20. The number of likely N-dealkylation sites (N-methyl/N-ethyl adjacent to an activating group) is 1. The Morgan fingerprint density at radius 2 is 1.95 bits per heavy atom. The summed E-state index contributed by atoms with van der Waals surface area (Å²) in [4.78, 5) is 25.4. The highest BCUT2D eigenvalue weighted by Gasteiger charge is 2.34. The molecule has 0 aromatic heterocycles. The Kier molecular flexibility index (Phi) is 4.67. The van der Waals surface area contributed by atoms with Crippen LogP contribution in [0.5, 0.6) is 0 Å². The van der Waals surface area contributed by atoms with Crippen molar-refractivity contribution in [2.45, 2.75) is 38.6 Å². The molecular weight excluding hydrogens is 280 g/mol. The van der Waals surface area contributed by atoms with Crippen LogP contribution in [-0.2, 0) is 19.4 Å². The molecule has 6 nitrogen and oxygen atoms in total. The van der Waals surface area contributed by atoms with E-state index in [0.29, 0.717) is 13.0 Å². The van der Waals surface area contributed by atoms with Crippen LogP contribution >= 0.6 is 0 Å². The number of nitrogens with one attached hydrogen (secondary N) is 1. The minimum Gasteiger partial charge on any atom is -0.347 e. The quantitative estimate of drug-likeness (QED) is 0.771. The minimum absolute atomic E-state index is 0.0281. The van der Waals surface area contributed by atoms with E-state index in [4.69, 9.17) is 0 Å². The maximum Gasteiger partial charge on any atom is 0.242 e. The summed E-state index contributed by atoms with van der Waals surface area (Å²) in [6.45, 7) is 2.27. The summed E-state index contributed by atoms with van der Waals surface area (Å²) in [7, 11) is -3.00. The molecule has 1 saturated carbocycles. The standard InChI is InChI=1S/C13H22N2O4S/c1-2-15(11-6-7-20(18,19)9-11)12(16)8-14-13(17)10-4-3-5-10/h10-11H,2-9H2,1H3,(H,14,17). The van der Waals surface area contributed by atoms with E-state index in [1.54, 1.807) is 4.90 Å². The smallest absolute Gasteiger partial charge is 0.242 e. The van der Waals surface area contributed by atoms with Crippen molar-refractivity contribution in [1.82, 2.24) is 10.2 Å². The fourth-order valence-corrected chi connectivity index (χ4v) is 4.47. The molecule has 114 valence electrons. The monoisotopic (exact) mass is 302 g/mol. The molecule has 1 aliphatic carbocycles. The van der Waals surface area contributed by atoms with Crippen molar-refractivity contribution < 1.29 is 18.0 Å². The molecule has 0 spiro atoms. The molecular formula is C13H22N2O4S. The van der Waals surface area contributed by atoms with Gasteiger partial charge >= 0.3 is 0 Å². The van der Waals surface area contributed by atoms with E-state index in [9.17, 15) is 18.0 Å². The number of hydrogen-bond acceptors (Lipinski definition) is 4. The Labute approximate surface area is 119 Å². The van der Waals surface area contributed by atoms with E-state index < -0.39 is 9.84 Å². The molecule has 20 heavy (non-hydrogen) atoms. The predicted octanol–water partition coefficient (Wildman–Crippen LogP) is -0.0617. The first-order chi connectivity index (χ1) is 9.43. The number of rotatable bonds is 5. The lowest BCUT2D eigenvalue weighted by molar-refractivity contribution is -0.135. The molecule has 1 aliphatic heterocycles. The number of nitrogens with zero attached hydrogens (tertiary/aromatic N) is 1. The van der Waals surface area contributed by atoms with Gasteiger partial charge in [0.1, 0.15) is 0 Å². The van der Waals surface area contributed by atoms with Crippen molar-refractivity contribution in [1.29, 1.82) is 0 Å². The second-order valence-corrected chi connectivity index (χ2v) is 7.81. The summed E-state index contributed by atoms with van der Waals surface area (Å²) >= 11 is 0. The zero-order valence-electron chi connectivity index (χ0n) is 11.8. The number of carbonyl (C=O) groups is 2.